The number of carbonyl (C=O) groups is 1. The third-order valence-electron chi connectivity index (χ3n) is 3.19. The van der Waals surface area contributed by atoms with Crippen LogP contribution in [-0.4, -0.2) is 49.5 Å². The van der Waals surface area contributed by atoms with Gasteiger partial charge in [0, 0.05) is 19.7 Å². The molecule has 1 aliphatic carbocycles. The van der Waals surface area contributed by atoms with E-state index in [1.54, 1.807) is 7.11 Å². The fourth-order valence-corrected chi connectivity index (χ4v) is 2.13. The Bertz CT molecular complexity index is 236. The van der Waals surface area contributed by atoms with Crippen LogP contribution in [0, 0.1) is 0 Å². The topological polar surface area (TPSA) is 70.6 Å². The highest BCUT2D eigenvalue weighted by Crippen LogP contribution is 2.18. The molecule has 0 aromatic heterocycles. The van der Waals surface area contributed by atoms with E-state index >= 15 is 0 Å². The summed E-state index contributed by atoms with van der Waals surface area (Å²) < 4.78 is 4.86. The predicted octanol–water partition coefficient (Wildman–Crippen LogP) is 0.0306. The van der Waals surface area contributed by atoms with Crippen molar-refractivity contribution in [1.82, 2.24) is 10.6 Å². The van der Waals surface area contributed by atoms with Gasteiger partial charge in [-0.15, -0.1) is 0 Å². The van der Waals surface area contributed by atoms with Crippen LogP contribution in [0.3, 0.4) is 0 Å². The summed E-state index contributed by atoms with van der Waals surface area (Å²) in [6.45, 7) is 2.86. The van der Waals surface area contributed by atoms with Crippen molar-refractivity contribution in [3.05, 3.63) is 0 Å². The summed E-state index contributed by atoms with van der Waals surface area (Å²) in [5.41, 5.74) is 0. The molecule has 1 amide bonds. The zero-order valence-corrected chi connectivity index (χ0v) is 10.7. The fourth-order valence-electron chi connectivity index (χ4n) is 2.13. The summed E-state index contributed by atoms with van der Waals surface area (Å²) in [4.78, 5) is 11.7. The summed E-state index contributed by atoms with van der Waals surface area (Å²) in [5.74, 6) is -0.0418. The Balaban J connectivity index is 2.26. The van der Waals surface area contributed by atoms with Gasteiger partial charge in [0.05, 0.1) is 18.8 Å². The molecular formula is C12H24N2O3. The molecule has 0 aliphatic heterocycles. The number of hydrogen-bond acceptors (Lipinski definition) is 4. The predicted molar refractivity (Wildman–Crippen MR) is 65.7 cm³/mol. The third-order valence-corrected chi connectivity index (χ3v) is 3.19. The average molecular weight is 244 g/mol. The first-order valence-corrected chi connectivity index (χ1v) is 6.36. The number of rotatable bonds is 6. The van der Waals surface area contributed by atoms with E-state index in [2.05, 4.69) is 10.6 Å². The van der Waals surface area contributed by atoms with E-state index in [4.69, 9.17) is 4.74 Å². The van der Waals surface area contributed by atoms with Gasteiger partial charge in [0.25, 0.3) is 0 Å². The summed E-state index contributed by atoms with van der Waals surface area (Å²) >= 11 is 0. The molecule has 1 unspecified atom stereocenters. The second-order valence-corrected chi connectivity index (χ2v) is 4.63. The maximum atomic E-state index is 11.7. The van der Waals surface area contributed by atoms with Crippen LogP contribution in [0.4, 0.5) is 0 Å². The number of methoxy groups -OCH3 is 1. The molecule has 1 rings (SSSR count). The van der Waals surface area contributed by atoms with Crippen LogP contribution < -0.4 is 10.6 Å². The summed E-state index contributed by atoms with van der Waals surface area (Å²) in [5, 5.41) is 15.8. The fraction of sp³-hybridized carbons (Fsp3) is 0.917. The highest BCUT2D eigenvalue weighted by molar-refractivity contribution is 5.81. The maximum Gasteiger partial charge on any atom is 0.236 e. The molecule has 3 N–H and O–H groups in total. The molecule has 0 aromatic carbocycles. The van der Waals surface area contributed by atoms with Crippen LogP contribution in [0.5, 0.6) is 0 Å². The van der Waals surface area contributed by atoms with Crippen LogP contribution in [0.25, 0.3) is 0 Å². The van der Waals surface area contributed by atoms with E-state index in [0.29, 0.717) is 13.2 Å². The van der Waals surface area contributed by atoms with Crippen molar-refractivity contribution < 1.29 is 14.6 Å². The van der Waals surface area contributed by atoms with Gasteiger partial charge in [0.2, 0.25) is 5.91 Å². The van der Waals surface area contributed by atoms with Crippen molar-refractivity contribution >= 4 is 5.91 Å². The number of hydrogen-bond donors (Lipinski definition) is 3. The van der Waals surface area contributed by atoms with Crippen molar-refractivity contribution in [2.45, 2.75) is 50.8 Å². The van der Waals surface area contributed by atoms with E-state index in [0.717, 1.165) is 25.7 Å². The number of amides is 1. The van der Waals surface area contributed by atoms with Gasteiger partial charge in [0.1, 0.15) is 0 Å². The minimum absolute atomic E-state index is 0.0418. The molecule has 5 nitrogen and oxygen atoms in total. The highest BCUT2D eigenvalue weighted by atomic mass is 16.5. The van der Waals surface area contributed by atoms with Crippen molar-refractivity contribution in [1.29, 1.82) is 0 Å². The lowest BCUT2D eigenvalue weighted by atomic mass is 9.92. The molecule has 3 atom stereocenters. The minimum atomic E-state index is -0.321. The van der Waals surface area contributed by atoms with E-state index < -0.39 is 0 Å². The van der Waals surface area contributed by atoms with Gasteiger partial charge in [-0.2, -0.15) is 0 Å². The van der Waals surface area contributed by atoms with Gasteiger partial charge < -0.3 is 20.5 Å². The minimum Gasteiger partial charge on any atom is -0.392 e. The lowest BCUT2D eigenvalue weighted by Crippen LogP contribution is -2.51. The number of ether oxygens (including phenoxy) is 1. The van der Waals surface area contributed by atoms with E-state index in [1.807, 2.05) is 6.92 Å². The molecule has 1 aliphatic rings. The SMILES string of the molecule is COCCNC(=O)C(C)N[C@H]1CCCC[C@@H]1O. The Morgan fingerprint density at radius 2 is 2.18 bits per heavy atom. The zero-order chi connectivity index (χ0) is 12.7. The maximum absolute atomic E-state index is 11.7. The first-order valence-electron chi connectivity index (χ1n) is 6.36. The van der Waals surface area contributed by atoms with Gasteiger partial charge in [-0.05, 0) is 19.8 Å². The molecule has 0 saturated heterocycles. The number of nitrogens with one attached hydrogen (secondary N) is 2. The van der Waals surface area contributed by atoms with Crippen molar-refractivity contribution in [2.75, 3.05) is 20.3 Å². The van der Waals surface area contributed by atoms with Crippen LogP contribution in [0.15, 0.2) is 0 Å². The first-order chi connectivity index (χ1) is 8.15. The molecule has 0 heterocycles. The Hall–Kier alpha value is -0.650. The molecule has 1 saturated carbocycles. The van der Waals surface area contributed by atoms with E-state index in [1.165, 1.54) is 0 Å². The summed E-state index contributed by atoms with van der Waals surface area (Å²) in [7, 11) is 1.60. The Morgan fingerprint density at radius 3 is 2.82 bits per heavy atom. The van der Waals surface area contributed by atoms with E-state index in [-0.39, 0.29) is 24.1 Å². The van der Waals surface area contributed by atoms with Gasteiger partial charge in [-0.1, -0.05) is 12.8 Å². The molecular weight excluding hydrogens is 220 g/mol. The van der Waals surface area contributed by atoms with Crippen LogP contribution in [-0.2, 0) is 9.53 Å². The van der Waals surface area contributed by atoms with Crippen LogP contribution >= 0.6 is 0 Å². The van der Waals surface area contributed by atoms with Gasteiger partial charge in [-0.25, -0.2) is 0 Å². The molecule has 5 heteroatoms. The second kappa shape index (κ2) is 7.63. The van der Waals surface area contributed by atoms with Crippen LogP contribution in [0.1, 0.15) is 32.6 Å². The highest BCUT2D eigenvalue weighted by Gasteiger charge is 2.25. The van der Waals surface area contributed by atoms with Gasteiger partial charge in [-0.3, -0.25) is 4.79 Å². The van der Waals surface area contributed by atoms with E-state index in [9.17, 15) is 9.90 Å². The van der Waals surface area contributed by atoms with Crippen molar-refractivity contribution in [2.24, 2.45) is 0 Å². The molecule has 0 radical (unpaired) electrons. The number of carbonyl (C=O) groups excluding carboxylic acids is 1. The van der Waals surface area contributed by atoms with Crippen LogP contribution in [0.2, 0.25) is 0 Å². The first kappa shape index (κ1) is 14.4. The third kappa shape index (κ3) is 5.02. The molecule has 0 spiro atoms. The Labute approximate surface area is 103 Å². The summed E-state index contributed by atoms with van der Waals surface area (Å²) in [6.07, 6.45) is 3.64. The Morgan fingerprint density at radius 1 is 1.47 bits per heavy atom. The number of aliphatic hydroxyl groups excluding tert-OH is 1. The summed E-state index contributed by atoms with van der Waals surface area (Å²) in [6, 6.07) is -0.225. The van der Waals surface area contributed by atoms with Gasteiger partial charge in [0.15, 0.2) is 0 Å². The lowest BCUT2D eigenvalue weighted by Gasteiger charge is -2.30. The molecule has 1 fully saturated rings. The largest absolute Gasteiger partial charge is 0.392 e. The molecule has 0 aromatic rings. The standard InChI is InChI=1S/C12H24N2O3/c1-9(12(16)13-7-8-17-2)14-10-5-3-4-6-11(10)15/h9-11,14-15H,3-8H2,1-2H3,(H,13,16)/t9?,10-,11-/m0/s1. The lowest BCUT2D eigenvalue weighted by molar-refractivity contribution is -0.123. The number of aliphatic hydroxyl groups is 1. The van der Waals surface area contributed by atoms with Crippen molar-refractivity contribution in [3.8, 4) is 0 Å². The van der Waals surface area contributed by atoms with Crippen molar-refractivity contribution in [3.63, 3.8) is 0 Å². The quantitative estimate of drug-likeness (QED) is 0.577. The smallest absolute Gasteiger partial charge is 0.236 e. The average Bonchev–Trinajstić information content (AvgIpc) is 2.32. The Kier molecular flexibility index (Phi) is 6.47. The van der Waals surface area contributed by atoms with Gasteiger partial charge >= 0.3 is 0 Å². The normalized spacial score (nSPS) is 26.5. The molecule has 0 bridgehead atoms. The zero-order valence-electron chi connectivity index (χ0n) is 10.7. The second-order valence-electron chi connectivity index (χ2n) is 4.63. The monoisotopic (exact) mass is 244 g/mol. The molecule has 17 heavy (non-hydrogen) atoms. The molecule has 100 valence electrons.